The summed E-state index contributed by atoms with van der Waals surface area (Å²) in [5.74, 6) is 0.175. The predicted octanol–water partition coefficient (Wildman–Crippen LogP) is 1.28. The van der Waals surface area contributed by atoms with Gasteiger partial charge in [-0.15, -0.1) is 0 Å². The van der Waals surface area contributed by atoms with Crippen LogP contribution in [0.15, 0.2) is 0 Å². The maximum atomic E-state index is 12.1. The average Bonchev–Trinajstić information content (AvgIpc) is 3.23. The van der Waals surface area contributed by atoms with Crippen LogP contribution in [0.4, 0.5) is 0 Å². The number of nitrogens with zero attached hydrogens (tertiary/aromatic N) is 2. The van der Waals surface area contributed by atoms with Gasteiger partial charge < -0.3 is 10.4 Å². The lowest BCUT2D eigenvalue weighted by Crippen LogP contribution is -2.50. The van der Waals surface area contributed by atoms with Gasteiger partial charge in [0.05, 0.1) is 19.2 Å². The van der Waals surface area contributed by atoms with Gasteiger partial charge in [-0.05, 0) is 38.6 Å². The third-order valence-corrected chi connectivity index (χ3v) is 3.89. The van der Waals surface area contributed by atoms with E-state index in [1.54, 1.807) is 6.92 Å². The van der Waals surface area contributed by atoms with Gasteiger partial charge in [0.1, 0.15) is 5.54 Å². The number of rotatable bonds is 10. The highest BCUT2D eigenvalue weighted by Gasteiger charge is 2.43. The Morgan fingerprint density at radius 2 is 2.15 bits per heavy atom. The zero-order chi connectivity index (χ0) is 15.0. The van der Waals surface area contributed by atoms with E-state index >= 15 is 0 Å². The molecule has 0 aromatic rings. The second-order valence-electron chi connectivity index (χ2n) is 5.84. The number of unbranched alkanes of at least 4 members (excludes halogenated alkanes) is 2. The standard InChI is InChI=1S/C15H27N3O2/c1-3-4-5-8-18(9-10-19)11-14(20)17-15(2,12-16)13-6-7-13/h13,19H,3-11H2,1-2H3,(H,17,20). The quantitative estimate of drug-likeness (QED) is 0.591. The summed E-state index contributed by atoms with van der Waals surface area (Å²) in [4.78, 5) is 14.0. The van der Waals surface area contributed by atoms with E-state index in [1.165, 1.54) is 0 Å². The zero-order valence-electron chi connectivity index (χ0n) is 12.7. The van der Waals surface area contributed by atoms with Crippen molar-refractivity contribution in [2.45, 2.75) is 51.5 Å². The van der Waals surface area contributed by atoms with Crippen LogP contribution in [0.3, 0.4) is 0 Å². The maximum Gasteiger partial charge on any atom is 0.235 e. The first kappa shape index (κ1) is 16.9. The van der Waals surface area contributed by atoms with Crippen molar-refractivity contribution in [3.05, 3.63) is 0 Å². The van der Waals surface area contributed by atoms with Crippen LogP contribution in [-0.4, -0.2) is 47.7 Å². The number of carbonyl (C=O) groups is 1. The fourth-order valence-corrected chi connectivity index (χ4v) is 2.41. The van der Waals surface area contributed by atoms with E-state index in [4.69, 9.17) is 5.11 Å². The summed E-state index contributed by atoms with van der Waals surface area (Å²) < 4.78 is 0. The Morgan fingerprint density at radius 1 is 1.45 bits per heavy atom. The molecule has 0 aromatic heterocycles. The van der Waals surface area contributed by atoms with E-state index in [1.807, 2.05) is 4.90 Å². The van der Waals surface area contributed by atoms with Crippen LogP contribution in [0.25, 0.3) is 0 Å². The van der Waals surface area contributed by atoms with E-state index in [2.05, 4.69) is 18.3 Å². The molecule has 0 aliphatic heterocycles. The molecule has 1 saturated carbocycles. The van der Waals surface area contributed by atoms with Crippen LogP contribution in [0.1, 0.15) is 46.0 Å². The van der Waals surface area contributed by atoms with E-state index in [0.717, 1.165) is 38.6 Å². The van der Waals surface area contributed by atoms with Gasteiger partial charge in [-0.2, -0.15) is 5.26 Å². The highest BCUT2D eigenvalue weighted by molar-refractivity contribution is 5.79. The maximum absolute atomic E-state index is 12.1. The number of nitriles is 1. The van der Waals surface area contributed by atoms with Gasteiger partial charge in [0, 0.05) is 6.54 Å². The van der Waals surface area contributed by atoms with Gasteiger partial charge in [-0.25, -0.2) is 0 Å². The summed E-state index contributed by atoms with van der Waals surface area (Å²) in [5.41, 5.74) is -0.731. The summed E-state index contributed by atoms with van der Waals surface area (Å²) in [7, 11) is 0. The first-order chi connectivity index (χ1) is 9.55. The first-order valence-electron chi connectivity index (χ1n) is 7.61. The second-order valence-corrected chi connectivity index (χ2v) is 5.84. The molecule has 5 nitrogen and oxygen atoms in total. The van der Waals surface area contributed by atoms with Gasteiger partial charge >= 0.3 is 0 Å². The van der Waals surface area contributed by atoms with Crippen molar-refractivity contribution < 1.29 is 9.90 Å². The van der Waals surface area contributed by atoms with Crippen molar-refractivity contribution in [3.8, 4) is 6.07 Å². The molecule has 0 saturated heterocycles. The molecule has 1 aliphatic rings. The molecule has 1 aliphatic carbocycles. The van der Waals surface area contributed by atoms with E-state index in [9.17, 15) is 10.1 Å². The molecule has 1 rings (SSSR count). The van der Waals surface area contributed by atoms with Crippen LogP contribution in [-0.2, 0) is 4.79 Å². The number of carbonyl (C=O) groups excluding carboxylic acids is 1. The minimum Gasteiger partial charge on any atom is -0.395 e. The molecule has 114 valence electrons. The summed E-state index contributed by atoms with van der Waals surface area (Å²) in [6.45, 7) is 5.57. The Kier molecular flexibility index (Phi) is 6.97. The fourth-order valence-electron chi connectivity index (χ4n) is 2.41. The lowest BCUT2D eigenvalue weighted by Gasteiger charge is -2.26. The normalized spacial score (nSPS) is 17.6. The van der Waals surface area contributed by atoms with Crippen molar-refractivity contribution in [3.63, 3.8) is 0 Å². The van der Waals surface area contributed by atoms with Crippen LogP contribution in [0.5, 0.6) is 0 Å². The Balaban J connectivity index is 2.42. The topological polar surface area (TPSA) is 76.4 Å². The number of amides is 1. The van der Waals surface area contributed by atoms with Crippen molar-refractivity contribution in [2.75, 3.05) is 26.2 Å². The highest BCUT2D eigenvalue weighted by Crippen LogP contribution is 2.39. The molecule has 20 heavy (non-hydrogen) atoms. The molecule has 0 spiro atoms. The van der Waals surface area contributed by atoms with Crippen LogP contribution in [0, 0.1) is 17.2 Å². The minimum atomic E-state index is -0.731. The van der Waals surface area contributed by atoms with Gasteiger partial charge in [-0.3, -0.25) is 9.69 Å². The Morgan fingerprint density at radius 3 is 2.65 bits per heavy atom. The molecule has 0 bridgehead atoms. The van der Waals surface area contributed by atoms with Gasteiger partial charge in [0.15, 0.2) is 0 Å². The highest BCUT2D eigenvalue weighted by atomic mass is 16.3. The third kappa shape index (κ3) is 5.48. The number of nitrogens with one attached hydrogen (secondary N) is 1. The molecule has 1 fully saturated rings. The Bertz CT molecular complexity index is 350. The largest absolute Gasteiger partial charge is 0.395 e. The van der Waals surface area contributed by atoms with E-state index < -0.39 is 5.54 Å². The van der Waals surface area contributed by atoms with Gasteiger partial charge in [-0.1, -0.05) is 19.8 Å². The number of hydrogen-bond acceptors (Lipinski definition) is 4. The summed E-state index contributed by atoms with van der Waals surface area (Å²) >= 11 is 0. The third-order valence-electron chi connectivity index (χ3n) is 3.89. The summed E-state index contributed by atoms with van der Waals surface area (Å²) in [5, 5.41) is 21.2. The van der Waals surface area contributed by atoms with Crippen molar-refractivity contribution >= 4 is 5.91 Å². The van der Waals surface area contributed by atoms with Gasteiger partial charge in [0.2, 0.25) is 5.91 Å². The molecular formula is C15H27N3O2. The Hall–Kier alpha value is -1.12. The first-order valence-corrected chi connectivity index (χ1v) is 7.61. The lowest BCUT2D eigenvalue weighted by molar-refractivity contribution is -0.123. The number of hydrogen-bond donors (Lipinski definition) is 2. The van der Waals surface area contributed by atoms with E-state index in [0.29, 0.717) is 12.5 Å². The van der Waals surface area contributed by atoms with Crippen LogP contribution in [0.2, 0.25) is 0 Å². The summed E-state index contributed by atoms with van der Waals surface area (Å²) in [6.07, 6.45) is 5.32. The molecular weight excluding hydrogens is 254 g/mol. The minimum absolute atomic E-state index is 0.0531. The monoisotopic (exact) mass is 281 g/mol. The average molecular weight is 281 g/mol. The Labute approximate surface area is 122 Å². The number of aliphatic hydroxyl groups is 1. The van der Waals surface area contributed by atoms with Crippen molar-refractivity contribution in [1.82, 2.24) is 10.2 Å². The molecule has 0 radical (unpaired) electrons. The van der Waals surface area contributed by atoms with Crippen LogP contribution >= 0.6 is 0 Å². The predicted molar refractivity (Wildman–Crippen MR) is 77.9 cm³/mol. The fraction of sp³-hybridized carbons (Fsp3) is 0.867. The van der Waals surface area contributed by atoms with Gasteiger partial charge in [0.25, 0.3) is 0 Å². The zero-order valence-corrected chi connectivity index (χ0v) is 12.7. The van der Waals surface area contributed by atoms with E-state index in [-0.39, 0.29) is 19.1 Å². The summed E-state index contributed by atoms with van der Waals surface area (Å²) in [6, 6.07) is 2.23. The lowest BCUT2D eigenvalue weighted by atomic mass is 9.98. The second kappa shape index (κ2) is 8.23. The van der Waals surface area contributed by atoms with Crippen molar-refractivity contribution in [2.24, 2.45) is 5.92 Å². The van der Waals surface area contributed by atoms with Crippen molar-refractivity contribution in [1.29, 1.82) is 5.26 Å². The molecule has 5 heteroatoms. The molecule has 0 aromatic carbocycles. The SMILES string of the molecule is CCCCCN(CCO)CC(=O)NC(C)(C#N)C1CC1. The molecule has 2 N–H and O–H groups in total. The molecule has 1 amide bonds. The smallest absolute Gasteiger partial charge is 0.235 e. The molecule has 0 heterocycles. The molecule has 1 atom stereocenters. The number of aliphatic hydroxyl groups excluding tert-OH is 1. The van der Waals surface area contributed by atoms with Crippen LogP contribution < -0.4 is 5.32 Å². The molecule has 1 unspecified atom stereocenters.